The zero-order valence-electron chi connectivity index (χ0n) is 11.5. The summed E-state index contributed by atoms with van der Waals surface area (Å²) in [7, 11) is 0. The van der Waals surface area contributed by atoms with Crippen LogP contribution in [0, 0.1) is 5.41 Å². The monoisotopic (exact) mass is 264 g/mol. The Morgan fingerprint density at radius 1 is 1.21 bits per heavy atom. The first-order valence-electron chi connectivity index (χ1n) is 7.54. The van der Waals surface area contributed by atoms with Crippen LogP contribution in [-0.2, 0) is 0 Å². The second-order valence-corrected chi connectivity index (χ2v) is 6.18. The molecule has 19 heavy (non-hydrogen) atoms. The highest BCUT2D eigenvalue weighted by atomic mass is 16.3. The number of hydrogen-bond acceptors (Lipinski definition) is 5. The molecule has 5 nitrogen and oxygen atoms in total. The fourth-order valence-electron chi connectivity index (χ4n) is 3.50. The van der Waals surface area contributed by atoms with Crippen molar-refractivity contribution in [3.8, 4) is 0 Å². The van der Waals surface area contributed by atoms with Crippen LogP contribution in [0.2, 0.25) is 0 Å². The highest BCUT2D eigenvalue weighted by molar-refractivity contribution is 5.88. The van der Waals surface area contributed by atoms with E-state index in [-0.39, 0.29) is 6.10 Å². The third-order valence-electron chi connectivity index (χ3n) is 4.90. The number of guanidine groups is 1. The van der Waals surface area contributed by atoms with Crippen LogP contribution in [-0.4, -0.2) is 36.0 Å². The van der Waals surface area contributed by atoms with Crippen molar-refractivity contribution >= 4 is 11.7 Å². The zero-order chi connectivity index (χ0) is 13.1. The third kappa shape index (κ3) is 3.08. The number of aliphatic hydroxyl groups excluding tert-OH is 1. The molecule has 5 heteroatoms. The second kappa shape index (κ2) is 5.49. The predicted molar refractivity (Wildman–Crippen MR) is 76.3 cm³/mol. The van der Waals surface area contributed by atoms with Crippen LogP contribution in [0.1, 0.15) is 51.4 Å². The molecule has 0 amide bonds. The SMILES string of the molecule is OC1CCC2(CCC(=NNC3=NCCN3)CC2)CC1. The maximum Gasteiger partial charge on any atom is 0.212 e. The topological polar surface area (TPSA) is 69.0 Å². The molecule has 3 N–H and O–H groups in total. The minimum absolute atomic E-state index is 0.0474. The van der Waals surface area contributed by atoms with Gasteiger partial charge in [0.25, 0.3) is 0 Å². The van der Waals surface area contributed by atoms with Crippen LogP contribution in [0.5, 0.6) is 0 Å². The van der Waals surface area contributed by atoms with Crippen LogP contribution in [0.25, 0.3) is 0 Å². The predicted octanol–water partition coefficient (Wildman–Crippen LogP) is 1.39. The summed E-state index contributed by atoms with van der Waals surface area (Å²) >= 11 is 0. The fourth-order valence-corrected chi connectivity index (χ4v) is 3.50. The van der Waals surface area contributed by atoms with E-state index >= 15 is 0 Å². The summed E-state index contributed by atoms with van der Waals surface area (Å²) < 4.78 is 0. The number of nitrogens with zero attached hydrogens (tertiary/aromatic N) is 2. The molecule has 1 spiro atoms. The van der Waals surface area contributed by atoms with Crippen molar-refractivity contribution in [2.75, 3.05) is 13.1 Å². The summed E-state index contributed by atoms with van der Waals surface area (Å²) in [5.41, 5.74) is 4.81. The lowest BCUT2D eigenvalue weighted by Gasteiger charge is -2.42. The van der Waals surface area contributed by atoms with Gasteiger partial charge in [0, 0.05) is 12.3 Å². The molecule has 0 atom stereocenters. The van der Waals surface area contributed by atoms with Crippen LogP contribution < -0.4 is 10.7 Å². The molecular weight excluding hydrogens is 240 g/mol. The molecule has 2 aliphatic carbocycles. The molecule has 0 aromatic carbocycles. The largest absolute Gasteiger partial charge is 0.393 e. The van der Waals surface area contributed by atoms with E-state index in [9.17, 15) is 5.11 Å². The van der Waals surface area contributed by atoms with Crippen LogP contribution in [0.3, 0.4) is 0 Å². The molecule has 0 radical (unpaired) electrons. The van der Waals surface area contributed by atoms with Crippen molar-refractivity contribution in [3.05, 3.63) is 0 Å². The molecular formula is C14H24N4O. The zero-order valence-corrected chi connectivity index (χ0v) is 11.5. The summed E-state index contributed by atoms with van der Waals surface area (Å²) in [6, 6.07) is 0. The van der Waals surface area contributed by atoms with Crippen LogP contribution >= 0.6 is 0 Å². The van der Waals surface area contributed by atoms with Crippen molar-refractivity contribution in [1.29, 1.82) is 0 Å². The molecule has 2 fully saturated rings. The molecule has 0 bridgehead atoms. The Morgan fingerprint density at radius 2 is 1.95 bits per heavy atom. The lowest BCUT2D eigenvalue weighted by molar-refractivity contribution is 0.0507. The van der Waals surface area contributed by atoms with E-state index < -0.39 is 0 Å². The Hall–Kier alpha value is -1.10. The summed E-state index contributed by atoms with van der Waals surface area (Å²) in [5.74, 6) is 0.813. The summed E-state index contributed by atoms with van der Waals surface area (Å²) in [6.45, 7) is 1.76. The van der Waals surface area contributed by atoms with Gasteiger partial charge in [0.15, 0.2) is 0 Å². The minimum Gasteiger partial charge on any atom is -0.393 e. The Labute approximate surface area is 114 Å². The van der Waals surface area contributed by atoms with E-state index in [0.29, 0.717) is 5.41 Å². The highest BCUT2D eigenvalue weighted by Crippen LogP contribution is 2.46. The first-order chi connectivity index (χ1) is 9.26. The van der Waals surface area contributed by atoms with Gasteiger partial charge in [-0.1, -0.05) is 0 Å². The lowest BCUT2D eigenvalue weighted by Crippen LogP contribution is -2.35. The normalized spacial score (nSPS) is 34.9. The van der Waals surface area contributed by atoms with Gasteiger partial charge in [-0.3, -0.25) is 0 Å². The quantitative estimate of drug-likeness (QED) is 0.627. The Morgan fingerprint density at radius 3 is 2.58 bits per heavy atom. The smallest absolute Gasteiger partial charge is 0.212 e. The van der Waals surface area contributed by atoms with Gasteiger partial charge in [0.05, 0.1) is 12.6 Å². The molecule has 1 aliphatic heterocycles. The van der Waals surface area contributed by atoms with Crippen molar-refractivity contribution < 1.29 is 5.11 Å². The van der Waals surface area contributed by atoms with Crippen LogP contribution in [0.15, 0.2) is 10.1 Å². The Kier molecular flexibility index (Phi) is 3.73. The van der Waals surface area contributed by atoms with Gasteiger partial charge in [-0.05, 0) is 56.8 Å². The molecule has 0 unspecified atom stereocenters. The molecule has 0 aromatic rings. The van der Waals surface area contributed by atoms with Gasteiger partial charge >= 0.3 is 0 Å². The standard InChI is InChI=1S/C14H24N4O/c19-12-3-7-14(8-4-12)5-1-11(2-6-14)17-18-13-15-9-10-16-13/h12,19H,1-10H2,(H2,15,16,18). The summed E-state index contributed by atoms with van der Waals surface area (Å²) in [6.07, 6.45) is 8.99. The number of hydrogen-bond donors (Lipinski definition) is 3. The summed E-state index contributed by atoms with van der Waals surface area (Å²) in [5, 5.41) is 17.3. The maximum absolute atomic E-state index is 9.63. The van der Waals surface area contributed by atoms with E-state index in [2.05, 4.69) is 20.8 Å². The van der Waals surface area contributed by atoms with Crippen molar-refractivity contribution in [2.45, 2.75) is 57.5 Å². The van der Waals surface area contributed by atoms with E-state index in [4.69, 9.17) is 0 Å². The molecule has 1 heterocycles. The first kappa shape index (κ1) is 12.9. The van der Waals surface area contributed by atoms with Gasteiger partial charge in [-0.2, -0.15) is 5.10 Å². The number of aliphatic imine (C=N–C) groups is 1. The molecule has 106 valence electrons. The average molecular weight is 264 g/mol. The van der Waals surface area contributed by atoms with Crippen LogP contribution in [0.4, 0.5) is 0 Å². The van der Waals surface area contributed by atoms with E-state index in [1.54, 1.807) is 0 Å². The van der Waals surface area contributed by atoms with Gasteiger partial charge in [0.1, 0.15) is 0 Å². The third-order valence-corrected chi connectivity index (χ3v) is 4.90. The molecule has 0 aromatic heterocycles. The molecule has 0 saturated heterocycles. The Bertz CT molecular complexity index is 371. The summed E-state index contributed by atoms with van der Waals surface area (Å²) in [4.78, 5) is 4.27. The highest BCUT2D eigenvalue weighted by Gasteiger charge is 2.37. The lowest BCUT2D eigenvalue weighted by atomic mass is 9.64. The van der Waals surface area contributed by atoms with E-state index in [1.165, 1.54) is 31.4 Å². The van der Waals surface area contributed by atoms with Gasteiger partial charge in [-0.25, -0.2) is 10.4 Å². The van der Waals surface area contributed by atoms with E-state index in [0.717, 1.165) is 44.7 Å². The van der Waals surface area contributed by atoms with Gasteiger partial charge in [-0.15, -0.1) is 0 Å². The number of hydrazone groups is 1. The van der Waals surface area contributed by atoms with Crippen molar-refractivity contribution in [1.82, 2.24) is 10.7 Å². The Balaban J connectivity index is 1.50. The fraction of sp³-hybridized carbons (Fsp3) is 0.857. The molecule has 2 saturated carbocycles. The maximum atomic E-state index is 9.63. The number of rotatable bonds is 1. The van der Waals surface area contributed by atoms with Gasteiger partial charge < -0.3 is 10.4 Å². The number of aliphatic hydroxyl groups is 1. The minimum atomic E-state index is -0.0474. The second-order valence-electron chi connectivity index (χ2n) is 6.18. The molecule has 3 aliphatic rings. The van der Waals surface area contributed by atoms with Crippen molar-refractivity contribution in [3.63, 3.8) is 0 Å². The molecule has 3 rings (SSSR count). The van der Waals surface area contributed by atoms with E-state index in [1.807, 2.05) is 0 Å². The van der Waals surface area contributed by atoms with Crippen molar-refractivity contribution in [2.24, 2.45) is 15.5 Å². The first-order valence-corrected chi connectivity index (χ1v) is 7.54. The van der Waals surface area contributed by atoms with Gasteiger partial charge in [0.2, 0.25) is 5.96 Å². The number of nitrogens with one attached hydrogen (secondary N) is 2. The average Bonchev–Trinajstić information content (AvgIpc) is 2.95.